The normalized spacial score (nSPS) is 19.4. The molecule has 20 heavy (non-hydrogen) atoms. The van der Waals surface area contributed by atoms with Crippen molar-refractivity contribution in [1.29, 1.82) is 0 Å². The van der Waals surface area contributed by atoms with Crippen molar-refractivity contribution in [3.63, 3.8) is 0 Å². The summed E-state index contributed by atoms with van der Waals surface area (Å²) in [6.07, 6.45) is 0. The van der Waals surface area contributed by atoms with E-state index in [1.54, 1.807) is 0 Å². The SMILES string of the molecule is C[NH+]1C2=c3ccccc3=NC2=C(Cl)c2cc(Cl)ccc21. The van der Waals surface area contributed by atoms with Crippen molar-refractivity contribution in [2.24, 2.45) is 4.99 Å². The average Bonchev–Trinajstić information content (AvgIpc) is 2.84. The van der Waals surface area contributed by atoms with E-state index in [4.69, 9.17) is 23.2 Å². The van der Waals surface area contributed by atoms with Crippen LogP contribution in [0.25, 0.3) is 10.7 Å². The predicted octanol–water partition coefficient (Wildman–Crippen LogP) is 1.85. The summed E-state index contributed by atoms with van der Waals surface area (Å²) in [6.45, 7) is 0. The quantitative estimate of drug-likeness (QED) is 0.765. The standard InChI is InChI=1S/C16H10Cl2N2/c1-20-13-7-6-9(17)8-11(13)14(18)15-16(20)10-4-2-3-5-12(10)19-15/h2-8H,1H3/p+1. The Morgan fingerprint density at radius 3 is 2.70 bits per heavy atom. The molecular formula is C16H11Cl2N2+. The largest absolute Gasteiger partial charge is 0.270 e. The smallest absolute Gasteiger partial charge is 0.173 e. The molecule has 0 bridgehead atoms. The first-order valence-corrected chi connectivity index (χ1v) is 7.15. The highest BCUT2D eigenvalue weighted by atomic mass is 35.5. The fourth-order valence-corrected chi connectivity index (χ4v) is 3.38. The minimum absolute atomic E-state index is 0.680. The summed E-state index contributed by atoms with van der Waals surface area (Å²) in [6, 6.07) is 14.0. The molecule has 0 radical (unpaired) electrons. The van der Waals surface area contributed by atoms with Gasteiger partial charge in [-0.1, -0.05) is 35.3 Å². The lowest BCUT2D eigenvalue weighted by atomic mass is 10.0. The van der Waals surface area contributed by atoms with Crippen molar-refractivity contribution in [2.45, 2.75) is 0 Å². The van der Waals surface area contributed by atoms with Gasteiger partial charge in [-0.2, -0.15) is 0 Å². The van der Waals surface area contributed by atoms with Gasteiger partial charge >= 0.3 is 0 Å². The van der Waals surface area contributed by atoms with Gasteiger partial charge in [-0.15, -0.1) is 0 Å². The van der Waals surface area contributed by atoms with Gasteiger partial charge in [0, 0.05) is 11.1 Å². The van der Waals surface area contributed by atoms with Crippen LogP contribution >= 0.6 is 23.2 Å². The van der Waals surface area contributed by atoms with Crippen LogP contribution in [0.1, 0.15) is 5.56 Å². The predicted molar refractivity (Wildman–Crippen MR) is 81.4 cm³/mol. The summed E-state index contributed by atoms with van der Waals surface area (Å²) in [7, 11) is 2.11. The monoisotopic (exact) mass is 301 g/mol. The zero-order valence-electron chi connectivity index (χ0n) is 10.7. The van der Waals surface area contributed by atoms with Gasteiger partial charge in [0.15, 0.2) is 5.70 Å². The molecule has 2 nitrogen and oxygen atoms in total. The van der Waals surface area contributed by atoms with E-state index in [1.807, 2.05) is 36.4 Å². The van der Waals surface area contributed by atoms with Crippen molar-refractivity contribution in [3.8, 4) is 0 Å². The van der Waals surface area contributed by atoms with E-state index >= 15 is 0 Å². The number of nitrogens with one attached hydrogen (secondary N) is 1. The van der Waals surface area contributed by atoms with Gasteiger partial charge in [0.1, 0.15) is 11.4 Å². The Balaban J connectivity index is 2.15. The third-order valence-corrected chi connectivity index (χ3v) is 4.47. The van der Waals surface area contributed by atoms with Crippen LogP contribution < -0.4 is 15.5 Å². The summed E-state index contributed by atoms with van der Waals surface area (Å²) < 4.78 is 0. The molecule has 0 spiro atoms. The molecule has 0 amide bonds. The molecule has 0 fully saturated rings. The number of benzene rings is 2. The van der Waals surface area contributed by atoms with Crippen molar-refractivity contribution in [2.75, 3.05) is 7.05 Å². The molecule has 0 aliphatic carbocycles. The van der Waals surface area contributed by atoms with Crippen molar-refractivity contribution < 1.29 is 4.90 Å². The number of quaternary nitrogens is 1. The first-order chi connectivity index (χ1) is 9.66. The van der Waals surface area contributed by atoms with E-state index in [-0.39, 0.29) is 0 Å². The molecule has 1 N–H and O–H groups in total. The first kappa shape index (κ1) is 12.2. The Labute approximate surface area is 126 Å². The Hall–Kier alpha value is -1.61. The van der Waals surface area contributed by atoms with E-state index in [2.05, 4.69) is 18.1 Å². The van der Waals surface area contributed by atoms with E-state index in [1.165, 1.54) is 4.90 Å². The van der Waals surface area contributed by atoms with Crippen LogP contribution in [-0.2, 0) is 0 Å². The van der Waals surface area contributed by atoms with Crippen LogP contribution in [0.4, 0.5) is 5.69 Å². The van der Waals surface area contributed by atoms with Gasteiger partial charge in [-0.3, -0.25) is 4.90 Å². The van der Waals surface area contributed by atoms with Crippen LogP contribution in [0.3, 0.4) is 0 Å². The molecule has 0 saturated carbocycles. The minimum Gasteiger partial charge on any atom is -0.270 e. The van der Waals surface area contributed by atoms with Gasteiger partial charge in [0.25, 0.3) is 0 Å². The molecule has 0 aromatic heterocycles. The zero-order valence-corrected chi connectivity index (χ0v) is 12.3. The van der Waals surface area contributed by atoms with Gasteiger partial charge in [0.2, 0.25) is 0 Å². The molecule has 2 heterocycles. The van der Waals surface area contributed by atoms with Crippen LogP contribution in [0.5, 0.6) is 0 Å². The fraction of sp³-hybridized carbons (Fsp3) is 0.0625. The lowest BCUT2D eigenvalue weighted by molar-refractivity contribution is -0.728. The number of halogens is 2. The second-order valence-electron chi connectivity index (χ2n) is 4.98. The van der Waals surface area contributed by atoms with Crippen molar-refractivity contribution >= 4 is 39.6 Å². The second-order valence-corrected chi connectivity index (χ2v) is 5.80. The minimum atomic E-state index is 0.680. The Morgan fingerprint density at radius 1 is 1.05 bits per heavy atom. The highest BCUT2D eigenvalue weighted by Gasteiger charge is 2.33. The number of rotatable bonds is 0. The molecular weight excluding hydrogens is 291 g/mol. The van der Waals surface area contributed by atoms with Crippen LogP contribution in [-0.4, -0.2) is 7.05 Å². The number of likely N-dealkylation sites (N-methyl/N-ethyl adjacent to an activating group) is 1. The highest BCUT2D eigenvalue weighted by molar-refractivity contribution is 6.51. The molecule has 4 heteroatoms. The van der Waals surface area contributed by atoms with Crippen molar-refractivity contribution in [1.82, 2.24) is 0 Å². The Kier molecular flexibility index (Phi) is 2.55. The molecule has 0 saturated heterocycles. The zero-order chi connectivity index (χ0) is 13.9. The van der Waals surface area contributed by atoms with Gasteiger partial charge < -0.3 is 0 Å². The van der Waals surface area contributed by atoms with E-state index < -0.39 is 0 Å². The molecule has 1 atom stereocenters. The molecule has 2 aliphatic rings. The number of fused-ring (bicyclic) bond motifs is 3. The van der Waals surface area contributed by atoms with Gasteiger partial charge in [-0.05, 0) is 24.3 Å². The summed E-state index contributed by atoms with van der Waals surface area (Å²) in [5.41, 5.74) is 4.09. The lowest BCUT2D eigenvalue weighted by Crippen LogP contribution is -3.02. The Morgan fingerprint density at radius 2 is 1.85 bits per heavy atom. The van der Waals surface area contributed by atoms with Crippen LogP contribution in [0, 0.1) is 0 Å². The summed E-state index contributed by atoms with van der Waals surface area (Å²) in [5, 5.41) is 3.50. The summed E-state index contributed by atoms with van der Waals surface area (Å²) in [4.78, 5) is 5.88. The summed E-state index contributed by atoms with van der Waals surface area (Å²) in [5.74, 6) is 0. The topological polar surface area (TPSA) is 16.8 Å². The maximum Gasteiger partial charge on any atom is 0.173 e. The number of para-hydroxylation sites is 1. The molecule has 4 rings (SSSR count). The molecule has 2 aliphatic heterocycles. The fourth-order valence-electron chi connectivity index (χ4n) is 2.91. The molecule has 2 aromatic carbocycles. The van der Waals surface area contributed by atoms with Crippen LogP contribution in [0.15, 0.2) is 53.2 Å². The second kappa shape index (κ2) is 4.19. The molecule has 2 aromatic rings. The maximum atomic E-state index is 6.57. The average molecular weight is 302 g/mol. The third kappa shape index (κ3) is 1.53. The summed E-state index contributed by atoms with van der Waals surface area (Å²) >= 11 is 12.7. The van der Waals surface area contributed by atoms with Crippen molar-refractivity contribution in [3.05, 3.63) is 69.3 Å². The third-order valence-electron chi connectivity index (χ3n) is 3.85. The number of hydrogen-bond acceptors (Lipinski definition) is 1. The van der Waals surface area contributed by atoms with E-state index in [9.17, 15) is 0 Å². The maximum absolute atomic E-state index is 6.57. The molecule has 1 unspecified atom stereocenters. The van der Waals surface area contributed by atoms with E-state index in [0.29, 0.717) is 10.1 Å². The number of nitrogens with zero attached hydrogens (tertiary/aromatic N) is 1. The van der Waals surface area contributed by atoms with E-state index in [0.717, 1.165) is 33.2 Å². The Bertz CT molecular complexity index is 897. The van der Waals surface area contributed by atoms with Crippen LogP contribution in [0.2, 0.25) is 5.02 Å². The van der Waals surface area contributed by atoms with Gasteiger partial charge in [-0.25, -0.2) is 4.99 Å². The number of hydrogen-bond donors (Lipinski definition) is 1. The lowest BCUT2D eigenvalue weighted by Gasteiger charge is -2.23. The molecule has 98 valence electrons. The van der Waals surface area contributed by atoms with Gasteiger partial charge in [0.05, 0.1) is 28.2 Å². The first-order valence-electron chi connectivity index (χ1n) is 6.39. The highest BCUT2D eigenvalue weighted by Crippen LogP contribution is 2.36.